The average Bonchev–Trinajstić information content (AvgIpc) is 2.77. The van der Waals surface area contributed by atoms with Crippen molar-refractivity contribution in [2.45, 2.75) is 24.8 Å². The van der Waals surface area contributed by atoms with Crippen molar-refractivity contribution < 1.29 is 22.7 Å². The summed E-state index contributed by atoms with van der Waals surface area (Å²) in [6.07, 6.45) is 0. The SMILES string of the molecule is CC(C)NS(=O)(=O)c1ccc(NC(=O)c2cccc(OCCOc3ccccc3)c2)cc1. The van der Waals surface area contributed by atoms with Crippen molar-refractivity contribution in [1.82, 2.24) is 4.72 Å². The van der Waals surface area contributed by atoms with Crippen molar-refractivity contribution in [2.75, 3.05) is 18.5 Å². The topological polar surface area (TPSA) is 93.7 Å². The number of benzene rings is 3. The monoisotopic (exact) mass is 454 g/mol. The summed E-state index contributed by atoms with van der Waals surface area (Å²) >= 11 is 0. The molecule has 7 nitrogen and oxygen atoms in total. The van der Waals surface area contributed by atoms with E-state index in [4.69, 9.17) is 9.47 Å². The number of anilines is 1. The number of ether oxygens (including phenoxy) is 2. The molecule has 0 aliphatic heterocycles. The second kappa shape index (κ2) is 10.8. The molecule has 0 aromatic heterocycles. The maximum Gasteiger partial charge on any atom is 0.255 e. The van der Waals surface area contributed by atoms with E-state index in [0.29, 0.717) is 30.2 Å². The molecule has 0 bridgehead atoms. The van der Waals surface area contributed by atoms with E-state index in [9.17, 15) is 13.2 Å². The van der Waals surface area contributed by atoms with Crippen LogP contribution in [0.15, 0.2) is 83.8 Å². The highest BCUT2D eigenvalue weighted by molar-refractivity contribution is 7.89. The van der Waals surface area contributed by atoms with Gasteiger partial charge in [0.15, 0.2) is 0 Å². The molecule has 0 atom stereocenters. The van der Waals surface area contributed by atoms with Crippen LogP contribution in [0.4, 0.5) is 5.69 Å². The molecule has 0 fully saturated rings. The lowest BCUT2D eigenvalue weighted by atomic mass is 10.2. The molecule has 3 aromatic rings. The minimum Gasteiger partial charge on any atom is -0.490 e. The first-order valence-corrected chi connectivity index (χ1v) is 11.7. The highest BCUT2D eigenvalue weighted by Gasteiger charge is 2.15. The van der Waals surface area contributed by atoms with Crippen LogP contribution in [0.3, 0.4) is 0 Å². The van der Waals surface area contributed by atoms with E-state index in [1.807, 2.05) is 30.3 Å². The van der Waals surface area contributed by atoms with Crippen molar-refractivity contribution in [3.8, 4) is 11.5 Å². The largest absolute Gasteiger partial charge is 0.490 e. The third-order valence-electron chi connectivity index (χ3n) is 4.27. The number of hydrogen-bond donors (Lipinski definition) is 2. The summed E-state index contributed by atoms with van der Waals surface area (Å²) in [7, 11) is -3.58. The van der Waals surface area contributed by atoms with Crippen LogP contribution in [0.2, 0.25) is 0 Å². The van der Waals surface area contributed by atoms with Gasteiger partial charge in [0.05, 0.1) is 4.90 Å². The number of sulfonamides is 1. The van der Waals surface area contributed by atoms with E-state index in [-0.39, 0.29) is 16.8 Å². The van der Waals surface area contributed by atoms with Gasteiger partial charge in [0.2, 0.25) is 10.0 Å². The summed E-state index contributed by atoms with van der Waals surface area (Å²) in [6, 6.07) is 22.1. The Morgan fingerprint density at radius 2 is 1.47 bits per heavy atom. The Morgan fingerprint density at radius 1 is 0.844 bits per heavy atom. The first-order valence-electron chi connectivity index (χ1n) is 10.2. The van der Waals surface area contributed by atoms with Crippen molar-refractivity contribution in [2.24, 2.45) is 0 Å². The second-order valence-corrected chi connectivity index (χ2v) is 9.01. The molecule has 1 amide bonds. The number of nitrogens with one attached hydrogen (secondary N) is 2. The van der Waals surface area contributed by atoms with Crippen LogP contribution in [-0.4, -0.2) is 33.6 Å². The predicted octanol–water partition coefficient (Wildman–Crippen LogP) is 4.08. The van der Waals surface area contributed by atoms with E-state index in [1.54, 1.807) is 50.2 Å². The summed E-state index contributed by atoms with van der Waals surface area (Å²) in [5, 5.41) is 2.76. The van der Waals surface area contributed by atoms with E-state index in [0.717, 1.165) is 5.75 Å². The fraction of sp³-hybridized carbons (Fsp3) is 0.208. The van der Waals surface area contributed by atoms with E-state index in [2.05, 4.69) is 10.0 Å². The molecule has 0 spiro atoms. The first-order chi connectivity index (χ1) is 15.3. The summed E-state index contributed by atoms with van der Waals surface area (Å²) in [4.78, 5) is 12.7. The molecule has 2 N–H and O–H groups in total. The van der Waals surface area contributed by atoms with Gasteiger partial charge >= 0.3 is 0 Å². The minimum absolute atomic E-state index is 0.136. The molecule has 0 saturated carbocycles. The Kier molecular flexibility index (Phi) is 7.86. The zero-order valence-corrected chi connectivity index (χ0v) is 18.8. The molecule has 0 aliphatic rings. The van der Waals surface area contributed by atoms with Crippen LogP contribution in [0.1, 0.15) is 24.2 Å². The fourth-order valence-corrected chi connectivity index (χ4v) is 4.11. The van der Waals surface area contributed by atoms with Gasteiger partial charge in [0, 0.05) is 17.3 Å². The Morgan fingerprint density at radius 3 is 2.12 bits per heavy atom. The lowest BCUT2D eigenvalue weighted by Crippen LogP contribution is -2.30. The number of carbonyl (C=O) groups excluding carboxylic acids is 1. The molecule has 32 heavy (non-hydrogen) atoms. The van der Waals surface area contributed by atoms with Crippen molar-refractivity contribution in [3.63, 3.8) is 0 Å². The van der Waals surface area contributed by atoms with Crippen molar-refractivity contribution in [3.05, 3.63) is 84.4 Å². The Hall–Kier alpha value is -3.36. The van der Waals surface area contributed by atoms with Crippen molar-refractivity contribution >= 4 is 21.6 Å². The predicted molar refractivity (Wildman–Crippen MR) is 124 cm³/mol. The molecule has 3 rings (SSSR count). The third kappa shape index (κ3) is 6.83. The molecule has 0 saturated heterocycles. The summed E-state index contributed by atoms with van der Waals surface area (Å²) in [6.45, 7) is 4.21. The molecule has 0 radical (unpaired) electrons. The summed E-state index contributed by atoms with van der Waals surface area (Å²) < 4.78 is 38.2. The zero-order chi connectivity index (χ0) is 23.0. The van der Waals surface area contributed by atoms with Gasteiger partial charge in [-0.15, -0.1) is 0 Å². The van der Waals surface area contributed by atoms with E-state index >= 15 is 0 Å². The van der Waals surface area contributed by atoms with E-state index < -0.39 is 10.0 Å². The fourth-order valence-electron chi connectivity index (χ4n) is 2.86. The molecule has 168 valence electrons. The summed E-state index contributed by atoms with van der Waals surface area (Å²) in [5.41, 5.74) is 0.908. The maximum atomic E-state index is 12.6. The van der Waals surface area contributed by atoms with Crippen LogP contribution < -0.4 is 19.5 Å². The van der Waals surface area contributed by atoms with Crippen LogP contribution in [-0.2, 0) is 10.0 Å². The average molecular weight is 455 g/mol. The van der Waals surface area contributed by atoms with Gasteiger partial charge in [0.1, 0.15) is 24.7 Å². The van der Waals surface area contributed by atoms with Crippen molar-refractivity contribution in [1.29, 1.82) is 0 Å². The normalized spacial score (nSPS) is 11.2. The highest BCUT2D eigenvalue weighted by Crippen LogP contribution is 2.18. The number of carbonyl (C=O) groups is 1. The van der Waals surface area contributed by atoms with Crippen LogP contribution >= 0.6 is 0 Å². The maximum absolute atomic E-state index is 12.6. The van der Waals surface area contributed by atoms with Gasteiger partial charge < -0.3 is 14.8 Å². The number of para-hydroxylation sites is 1. The zero-order valence-electron chi connectivity index (χ0n) is 17.9. The van der Waals surface area contributed by atoms with Gasteiger partial charge in [-0.3, -0.25) is 4.79 Å². The third-order valence-corrected chi connectivity index (χ3v) is 5.95. The Bertz CT molecular complexity index is 1130. The molecule has 0 aliphatic carbocycles. The minimum atomic E-state index is -3.58. The molecular weight excluding hydrogens is 428 g/mol. The van der Waals surface area contributed by atoms with Gasteiger partial charge in [0.25, 0.3) is 5.91 Å². The van der Waals surface area contributed by atoms with Crippen LogP contribution in [0, 0.1) is 0 Å². The van der Waals surface area contributed by atoms with Gasteiger partial charge in [-0.2, -0.15) is 0 Å². The molecular formula is C24H26N2O5S. The summed E-state index contributed by atoms with van der Waals surface area (Å²) in [5.74, 6) is 0.991. The number of hydrogen-bond acceptors (Lipinski definition) is 5. The number of amides is 1. The number of rotatable bonds is 10. The quantitative estimate of drug-likeness (QED) is 0.450. The van der Waals surface area contributed by atoms with E-state index in [1.165, 1.54) is 12.1 Å². The second-order valence-electron chi connectivity index (χ2n) is 7.29. The standard InChI is InChI=1S/C24H26N2O5S/c1-18(2)26-32(28,29)23-13-11-20(12-14-23)25-24(27)19-7-6-10-22(17-19)31-16-15-30-21-8-4-3-5-9-21/h3-14,17-18,26H,15-16H2,1-2H3,(H,25,27). The lowest BCUT2D eigenvalue weighted by molar-refractivity contribution is 0.102. The molecule has 3 aromatic carbocycles. The van der Waals surface area contributed by atoms with Gasteiger partial charge in [-0.25, -0.2) is 13.1 Å². The highest BCUT2D eigenvalue weighted by atomic mass is 32.2. The molecule has 0 unspecified atom stereocenters. The Balaban J connectivity index is 1.55. The smallest absolute Gasteiger partial charge is 0.255 e. The first kappa shape index (κ1) is 23.3. The van der Waals surface area contributed by atoms with Crippen LogP contribution in [0.25, 0.3) is 0 Å². The lowest BCUT2D eigenvalue weighted by Gasteiger charge is -2.11. The van der Waals surface area contributed by atoms with Crippen LogP contribution in [0.5, 0.6) is 11.5 Å². The molecule has 8 heteroatoms. The molecule has 0 heterocycles. The Labute approximate surface area is 188 Å². The van der Waals surface area contributed by atoms with Gasteiger partial charge in [-0.05, 0) is 68.4 Å². The van der Waals surface area contributed by atoms with Gasteiger partial charge in [-0.1, -0.05) is 24.3 Å².